The van der Waals surface area contributed by atoms with Crippen LogP contribution in [-0.2, 0) is 9.59 Å². The van der Waals surface area contributed by atoms with E-state index in [2.05, 4.69) is 4.74 Å². The Morgan fingerprint density at radius 3 is 2.58 bits per heavy atom. The van der Waals surface area contributed by atoms with Crippen LogP contribution < -0.4 is 15.2 Å². The molecule has 0 spiro atoms. The summed E-state index contributed by atoms with van der Waals surface area (Å²) >= 11 is 0. The smallest absolute Gasteiger partial charge is 0.387 e. The third-order valence-corrected chi connectivity index (χ3v) is 4.86. The molecule has 2 N–H and O–H groups in total. The molecule has 0 radical (unpaired) electrons. The lowest BCUT2D eigenvalue weighted by Gasteiger charge is -2.20. The minimum atomic E-state index is -2.94. The Labute approximate surface area is 150 Å². The molecule has 0 bridgehead atoms. The van der Waals surface area contributed by atoms with E-state index in [0.717, 1.165) is 18.4 Å². The van der Waals surface area contributed by atoms with Gasteiger partial charge in [0.15, 0.2) is 11.5 Å². The zero-order chi connectivity index (χ0) is 18.8. The second-order valence-corrected chi connectivity index (χ2v) is 6.86. The van der Waals surface area contributed by atoms with E-state index >= 15 is 0 Å². The number of rotatable bonds is 7. The SMILES string of the molecule is CC(=O)N1CC(c2ccc(OC(F)F)c(OCC3CC3)c2)C[C@H]1C(N)=O. The molecule has 6 nitrogen and oxygen atoms in total. The largest absolute Gasteiger partial charge is 0.489 e. The minimum Gasteiger partial charge on any atom is -0.489 e. The second kappa shape index (κ2) is 7.47. The Balaban J connectivity index is 1.81. The van der Waals surface area contributed by atoms with E-state index in [9.17, 15) is 18.4 Å². The van der Waals surface area contributed by atoms with Crippen molar-refractivity contribution < 1.29 is 27.8 Å². The summed E-state index contributed by atoms with van der Waals surface area (Å²) in [4.78, 5) is 24.8. The van der Waals surface area contributed by atoms with Crippen LogP contribution in [0.2, 0.25) is 0 Å². The first kappa shape index (κ1) is 18.4. The van der Waals surface area contributed by atoms with Gasteiger partial charge in [0.25, 0.3) is 0 Å². The molecule has 1 heterocycles. The zero-order valence-electron chi connectivity index (χ0n) is 14.5. The Hall–Kier alpha value is -2.38. The number of halogens is 2. The molecule has 1 aliphatic carbocycles. The van der Waals surface area contributed by atoms with Gasteiger partial charge in [-0.1, -0.05) is 6.07 Å². The first-order chi connectivity index (χ1) is 12.3. The van der Waals surface area contributed by atoms with Crippen LogP contribution in [0.4, 0.5) is 8.78 Å². The van der Waals surface area contributed by atoms with Crippen LogP contribution in [0.25, 0.3) is 0 Å². The average Bonchev–Trinajstić information content (AvgIpc) is 3.28. The van der Waals surface area contributed by atoms with Crippen molar-refractivity contribution >= 4 is 11.8 Å². The highest BCUT2D eigenvalue weighted by molar-refractivity contribution is 5.86. The number of carbonyl (C=O) groups is 2. The molecule has 26 heavy (non-hydrogen) atoms. The molecule has 1 aromatic carbocycles. The van der Waals surface area contributed by atoms with Crippen LogP contribution in [-0.4, -0.2) is 42.5 Å². The molecule has 1 saturated carbocycles. The van der Waals surface area contributed by atoms with Gasteiger partial charge in [-0.25, -0.2) is 0 Å². The van der Waals surface area contributed by atoms with Gasteiger partial charge in [0.05, 0.1) is 6.61 Å². The number of hydrogen-bond donors (Lipinski definition) is 1. The summed E-state index contributed by atoms with van der Waals surface area (Å²) in [6.07, 6.45) is 2.54. The Bertz CT molecular complexity index is 672. The van der Waals surface area contributed by atoms with E-state index in [-0.39, 0.29) is 23.3 Å². The van der Waals surface area contributed by atoms with Crippen molar-refractivity contribution in [1.82, 2.24) is 4.90 Å². The van der Waals surface area contributed by atoms with E-state index in [1.807, 2.05) is 0 Å². The Morgan fingerprint density at radius 1 is 1.31 bits per heavy atom. The van der Waals surface area contributed by atoms with E-state index in [4.69, 9.17) is 10.5 Å². The number of hydrogen-bond acceptors (Lipinski definition) is 4. The number of benzene rings is 1. The van der Waals surface area contributed by atoms with Gasteiger partial charge in [-0.05, 0) is 42.9 Å². The molecular weight excluding hydrogens is 346 g/mol. The monoisotopic (exact) mass is 368 g/mol. The van der Waals surface area contributed by atoms with Crippen molar-refractivity contribution in [3.63, 3.8) is 0 Å². The van der Waals surface area contributed by atoms with Gasteiger partial charge in [0.2, 0.25) is 11.8 Å². The van der Waals surface area contributed by atoms with Crippen LogP contribution >= 0.6 is 0 Å². The molecule has 2 fully saturated rings. The maximum absolute atomic E-state index is 12.6. The van der Waals surface area contributed by atoms with E-state index in [1.54, 1.807) is 12.1 Å². The van der Waals surface area contributed by atoms with Crippen molar-refractivity contribution in [2.75, 3.05) is 13.2 Å². The van der Waals surface area contributed by atoms with Gasteiger partial charge in [-0.2, -0.15) is 8.78 Å². The molecule has 1 saturated heterocycles. The summed E-state index contributed by atoms with van der Waals surface area (Å²) in [5.41, 5.74) is 6.20. The fourth-order valence-electron chi connectivity index (χ4n) is 3.27. The highest BCUT2D eigenvalue weighted by atomic mass is 19.3. The van der Waals surface area contributed by atoms with E-state index < -0.39 is 18.6 Å². The maximum Gasteiger partial charge on any atom is 0.387 e. The van der Waals surface area contributed by atoms with Crippen LogP contribution in [0.1, 0.15) is 37.7 Å². The van der Waals surface area contributed by atoms with Gasteiger partial charge in [0.1, 0.15) is 6.04 Å². The number of amides is 2. The molecule has 2 atom stereocenters. The predicted molar refractivity (Wildman–Crippen MR) is 89.0 cm³/mol. The lowest BCUT2D eigenvalue weighted by molar-refractivity contribution is -0.135. The average molecular weight is 368 g/mol. The number of carbonyl (C=O) groups excluding carboxylic acids is 2. The number of ether oxygens (including phenoxy) is 2. The third kappa shape index (κ3) is 4.23. The number of nitrogens with two attached hydrogens (primary N) is 1. The molecular formula is C18H22F2N2O4. The molecule has 1 aromatic rings. The molecule has 142 valence electrons. The first-order valence-electron chi connectivity index (χ1n) is 8.63. The van der Waals surface area contributed by atoms with E-state index in [1.165, 1.54) is 17.9 Å². The van der Waals surface area contributed by atoms with Gasteiger partial charge < -0.3 is 20.1 Å². The quantitative estimate of drug-likeness (QED) is 0.800. The number of nitrogens with zero attached hydrogens (tertiary/aromatic N) is 1. The summed E-state index contributed by atoms with van der Waals surface area (Å²) in [7, 11) is 0. The van der Waals surface area contributed by atoms with Crippen molar-refractivity contribution in [1.29, 1.82) is 0 Å². The normalized spacial score (nSPS) is 22.5. The predicted octanol–water partition coefficient (Wildman–Crippen LogP) is 2.27. The van der Waals surface area contributed by atoms with Crippen molar-refractivity contribution in [3.8, 4) is 11.5 Å². The van der Waals surface area contributed by atoms with Crippen molar-refractivity contribution in [2.24, 2.45) is 11.7 Å². The van der Waals surface area contributed by atoms with Crippen LogP contribution in [0.3, 0.4) is 0 Å². The van der Waals surface area contributed by atoms with E-state index in [0.29, 0.717) is 25.5 Å². The van der Waals surface area contributed by atoms with Crippen LogP contribution in [0.15, 0.2) is 18.2 Å². The summed E-state index contributed by atoms with van der Waals surface area (Å²) in [5, 5.41) is 0. The molecule has 1 aliphatic heterocycles. The first-order valence-corrected chi connectivity index (χ1v) is 8.63. The van der Waals surface area contributed by atoms with Crippen molar-refractivity contribution in [2.45, 2.75) is 44.8 Å². The van der Waals surface area contributed by atoms with Crippen LogP contribution in [0, 0.1) is 5.92 Å². The molecule has 0 aromatic heterocycles. The number of primary amides is 1. The topological polar surface area (TPSA) is 81.9 Å². The Morgan fingerprint density at radius 2 is 2.04 bits per heavy atom. The van der Waals surface area contributed by atoms with Crippen LogP contribution in [0.5, 0.6) is 11.5 Å². The number of alkyl halides is 2. The minimum absolute atomic E-state index is 0.0164. The molecule has 2 aliphatic rings. The van der Waals surface area contributed by atoms with Gasteiger partial charge in [0, 0.05) is 19.4 Å². The van der Waals surface area contributed by atoms with Gasteiger partial charge in [-0.15, -0.1) is 0 Å². The molecule has 3 rings (SSSR count). The molecule has 8 heteroatoms. The second-order valence-electron chi connectivity index (χ2n) is 6.86. The maximum atomic E-state index is 12.6. The highest BCUT2D eigenvalue weighted by Crippen LogP contribution is 2.38. The molecule has 2 amide bonds. The lowest BCUT2D eigenvalue weighted by Crippen LogP contribution is -2.42. The zero-order valence-corrected chi connectivity index (χ0v) is 14.5. The van der Waals surface area contributed by atoms with Crippen molar-refractivity contribution in [3.05, 3.63) is 23.8 Å². The van der Waals surface area contributed by atoms with Gasteiger partial charge >= 0.3 is 6.61 Å². The third-order valence-electron chi connectivity index (χ3n) is 4.86. The summed E-state index contributed by atoms with van der Waals surface area (Å²) < 4.78 is 35.5. The summed E-state index contributed by atoms with van der Waals surface area (Å²) in [5.74, 6) is -0.203. The van der Waals surface area contributed by atoms with Gasteiger partial charge in [-0.3, -0.25) is 9.59 Å². The highest BCUT2D eigenvalue weighted by Gasteiger charge is 2.38. The Kier molecular flexibility index (Phi) is 5.29. The lowest BCUT2D eigenvalue weighted by atomic mass is 9.96. The summed E-state index contributed by atoms with van der Waals surface area (Å²) in [6.45, 7) is -0.748. The summed E-state index contributed by atoms with van der Waals surface area (Å²) in [6, 6.07) is 4.10. The fraction of sp³-hybridized carbons (Fsp3) is 0.556. The fourth-order valence-corrected chi connectivity index (χ4v) is 3.27. The molecule has 1 unspecified atom stereocenters. The number of likely N-dealkylation sites (tertiary alicyclic amines) is 1. The standard InChI is InChI=1S/C18H22F2N2O4/c1-10(23)22-8-13(6-14(22)17(21)24)12-4-5-15(26-18(19)20)16(7-12)25-9-11-2-3-11/h4-5,7,11,13-14,18H,2-3,6,8-9H2,1H3,(H2,21,24)/t13?,14-/m0/s1.